The van der Waals surface area contributed by atoms with Gasteiger partial charge in [-0.25, -0.2) is 0 Å². The van der Waals surface area contributed by atoms with Crippen molar-refractivity contribution in [3.8, 4) is 0 Å². The molecule has 1 aromatic carbocycles. The molecule has 0 spiro atoms. The van der Waals surface area contributed by atoms with Crippen LogP contribution in [-0.2, 0) is 30.3 Å². The fraction of sp³-hybridized carbons (Fsp3) is 0.625. The largest absolute Gasteiger partial charge is 0.382 e. The molecule has 0 amide bonds. The molecule has 1 aromatic rings. The Hall–Kier alpha value is -1.02. The first-order valence-corrected chi connectivity index (χ1v) is 7.24. The summed E-state index contributed by atoms with van der Waals surface area (Å²) in [5.74, 6) is 0. The quantitative estimate of drug-likeness (QED) is 0.809. The van der Waals surface area contributed by atoms with Crippen molar-refractivity contribution in [1.29, 1.82) is 0 Å². The van der Waals surface area contributed by atoms with Crippen molar-refractivity contribution in [1.82, 2.24) is 0 Å². The van der Waals surface area contributed by atoms with Crippen LogP contribution in [0.2, 0.25) is 0 Å². The summed E-state index contributed by atoms with van der Waals surface area (Å²) in [5, 5.41) is 10.2. The average Bonchev–Trinajstić information content (AvgIpc) is 2.54. The maximum Gasteiger partial charge on any atom is 0.184 e. The smallest absolute Gasteiger partial charge is 0.184 e. The second-order valence-corrected chi connectivity index (χ2v) is 5.18. The van der Waals surface area contributed by atoms with Crippen molar-refractivity contribution in [2.24, 2.45) is 0 Å². The van der Waals surface area contributed by atoms with E-state index in [1.54, 1.807) is 21.3 Å². The van der Waals surface area contributed by atoms with Crippen LogP contribution >= 0.6 is 0 Å². The van der Waals surface area contributed by atoms with Gasteiger partial charge < -0.3 is 28.8 Å². The van der Waals surface area contributed by atoms with Crippen LogP contribution in [0.25, 0.3) is 0 Å². The van der Waals surface area contributed by atoms with Crippen molar-refractivity contribution >= 4 is 0 Å². The standard InChI is InChI=1S/C16H24O6/c1-18-10-12-13(19-2)14(20-3)15(16(17)22-12)21-9-11-7-5-4-6-8-11/h4-8,12-17H,9-10H2,1-3H3/t12-,13-,14+,15-,16-/m1/s1. The highest BCUT2D eigenvalue weighted by molar-refractivity contribution is 5.13. The summed E-state index contributed by atoms with van der Waals surface area (Å²) in [6.45, 7) is 0.665. The van der Waals surface area contributed by atoms with Gasteiger partial charge in [0.25, 0.3) is 0 Å². The van der Waals surface area contributed by atoms with Gasteiger partial charge in [-0.1, -0.05) is 30.3 Å². The van der Waals surface area contributed by atoms with Crippen molar-refractivity contribution in [3.05, 3.63) is 35.9 Å². The fourth-order valence-electron chi connectivity index (χ4n) is 2.69. The minimum absolute atomic E-state index is 0.306. The summed E-state index contributed by atoms with van der Waals surface area (Å²) in [6.07, 6.45) is -2.97. The van der Waals surface area contributed by atoms with Crippen molar-refractivity contribution in [2.45, 2.75) is 37.3 Å². The first kappa shape index (κ1) is 17.3. The van der Waals surface area contributed by atoms with Crippen molar-refractivity contribution in [2.75, 3.05) is 27.9 Å². The molecular weight excluding hydrogens is 288 g/mol. The molecular formula is C16H24O6. The van der Waals surface area contributed by atoms with Crippen LogP contribution in [0.15, 0.2) is 30.3 Å². The van der Waals surface area contributed by atoms with E-state index in [1.807, 2.05) is 30.3 Å². The Balaban J connectivity index is 2.05. The zero-order valence-electron chi connectivity index (χ0n) is 13.2. The Morgan fingerprint density at radius 3 is 2.27 bits per heavy atom. The Bertz CT molecular complexity index is 426. The lowest BCUT2D eigenvalue weighted by atomic mass is 9.98. The van der Waals surface area contributed by atoms with Crippen LogP contribution in [0.1, 0.15) is 5.56 Å². The number of aliphatic hydroxyl groups is 1. The van der Waals surface area contributed by atoms with Crippen molar-refractivity contribution < 1.29 is 28.8 Å². The molecule has 6 nitrogen and oxygen atoms in total. The lowest BCUT2D eigenvalue weighted by Gasteiger charge is -2.43. The SMILES string of the molecule is COC[C@H]1O[C@@H](O)[C@H](OCc2ccccc2)[C@@H](OC)[C@@H]1OC. The maximum atomic E-state index is 10.2. The normalized spacial score (nSPS) is 32.1. The van der Waals surface area contributed by atoms with Gasteiger partial charge in [0.05, 0.1) is 13.2 Å². The summed E-state index contributed by atoms with van der Waals surface area (Å²) < 4.78 is 27.5. The Labute approximate surface area is 130 Å². The molecule has 5 atom stereocenters. The monoisotopic (exact) mass is 312 g/mol. The molecule has 22 heavy (non-hydrogen) atoms. The number of benzene rings is 1. The molecule has 0 saturated carbocycles. The highest BCUT2D eigenvalue weighted by atomic mass is 16.7. The van der Waals surface area contributed by atoms with E-state index in [1.165, 1.54) is 0 Å². The zero-order valence-corrected chi connectivity index (χ0v) is 13.2. The molecule has 2 rings (SSSR count). The van der Waals surface area contributed by atoms with Gasteiger partial charge in [0, 0.05) is 21.3 Å². The van der Waals surface area contributed by atoms with Crippen LogP contribution in [0.3, 0.4) is 0 Å². The zero-order chi connectivity index (χ0) is 15.9. The second-order valence-electron chi connectivity index (χ2n) is 5.18. The van der Waals surface area contributed by atoms with Gasteiger partial charge in [-0.3, -0.25) is 0 Å². The third-order valence-corrected chi connectivity index (χ3v) is 3.77. The molecule has 1 N–H and O–H groups in total. The molecule has 0 radical (unpaired) electrons. The molecule has 6 heteroatoms. The van der Waals surface area contributed by atoms with Crippen LogP contribution < -0.4 is 0 Å². The van der Waals surface area contributed by atoms with Gasteiger partial charge in [0.15, 0.2) is 6.29 Å². The Morgan fingerprint density at radius 1 is 1.00 bits per heavy atom. The maximum absolute atomic E-state index is 10.2. The number of hydrogen-bond acceptors (Lipinski definition) is 6. The molecule has 0 aromatic heterocycles. The second kappa shape index (κ2) is 8.57. The topological polar surface area (TPSA) is 66.4 Å². The predicted octanol–water partition coefficient (Wildman–Crippen LogP) is 0.965. The van der Waals surface area contributed by atoms with E-state index in [0.29, 0.717) is 13.2 Å². The first-order valence-electron chi connectivity index (χ1n) is 7.24. The van der Waals surface area contributed by atoms with E-state index < -0.39 is 24.6 Å². The molecule has 1 aliphatic heterocycles. The Kier molecular flexibility index (Phi) is 6.75. The summed E-state index contributed by atoms with van der Waals surface area (Å²) in [4.78, 5) is 0. The fourth-order valence-corrected chi connectivity index (χ4v) is 2.69. The van der Waals surface area contributed by atoms with Gasteiger partial charge in [-0.2, -0.15) is 0 Å². The highest BCUT2D eigenvalue weighted by Gasteiger charge is 2.46. The van der Waals surface area contributed by atoms with Crippen LogP contribution in [0.4, 0.5) is 0 Å². The number of hydrogen-bond donors (Lipinski definition) is 1. The van der Waals surface area contributed by atoms with E-state index in [9.17, 15) is 5.11 Å². The van der Waals surface area contributed by atoms with E-state index in [0.717, 1.165) is 5.56 Å². The van der Waals surface area contributed by atoms with E-state index in [4.69, 9.17) is 23.7 Å². The number of aliphatic hydroxyl groups excluding tert-OH is 1. The number of ether oxygens (including phenoxy) is 5. The van der Waals surface area contributed by atoms with Crippen LogP contribution in [0.5, 0.6) is 0 Å². The van der Waals surface area contributed by atoms with Gasteiger partial charge in [0.1, 0.15) is 24.4 Å². The highest BCUT2D eigenvalue weighted by Crippen LogP contribution is 2.27. The van der Waals surface area contributed by atoms with Gasteiger partial charge in [0.2, 0.25) is 0 Å². The molecule has 0 unspecified atom stereocenters. The average molecular weight is 312 g/mol. The molecule has 1 heterocycles. The summed E-state index contributed by atoms with van der Waals surface area (Å²) in [5.41, 5.74) is 1.01. The molecule has 1 aliphatic rings. The lowest BCUT2D eigenvalue weighted by molar-refractivity contribution is -0.306. The van der Waals surface area contributed by atoms with Crippen molar-refractivity contribution in [3.63, 3.8) is 0 Å². The molecule has 1 saturated heterocycles. The Morgan fingerprint density at radius 2 is 1.68 bits per heavy atom. The summed E-state index contributed by atoms with van der Waals surface area (Å²) in [6, 6.07) is 9.73. The molecule has 0 aliphatic carbocycles. The van der Waals surface area contributed by atoms with Crippen LogP contribution in [-0.4, -0.2) is 63.7 Å². The van der Waals surface area contributed by atoms with Gasteiger partial charge in [-0.15, -0.1) is 0 Å². The minimum atomic E-state index is -1.10. The first-order chi connectivity index (χ1) is 10.7. The minimum Gasteiger partial charge on any atom is -0.382 e. The third kappa shape index (κ3) is 4.04. The summed E-state index contributed by atoms with van der Waals surface area (Å²) >= 11 is 0. The number of methoxy groups -OCH3 is 3. The van der Waals surface area contributed by atoms with E-state index in [-0.39, 0.29) is 6.10 Å². The third-order valence-electron chi connectivity index (χ3n) is 3.77. The van der Waals surface area contributed by atoms with E-state index in [2.05, 4.69) is 0 Å². The van der Waals surface area contributed by atoms with Crippen LogP contribution in [0, 0.1) is 0 Å². The van der Waals surface area contributed by atoms with Gasteiger partial charge in [-0.05, 0) is 5.56 Å². The van der Waals surface area contributed by atoms with Gasteiger partial charge >= 0.3 is 0 Å². The number of rotatable bonds is 7. The molecule has 0 bridgehead atoms. The molecule has 124 valence electrons. The lowest BCUT2D eigenvalue weighted by Crippen LogP contribution is -2.60. The predicted molar refractivity (Wildman–Crippen MR) is 79.4 cm³/mol. The van der Waals surface area contributed by atoms with E-state index >= 15 is 0 Å². The summed E-state index contributed by atoms with van der Waals surface area (Å²) in [7, 11) is 4.72. The molecule has 1 fully saturated rings.